The third kappa shape index (κ3) is 1.87. The van der Waals surface area contributed by atoms with Crippen molar-refractivity contribution >= 4 is 17.0 Å². The molecule has 0 aliphatic carbocycles. The molecule has 0 amide bonds. The lowest BCUT2D eigenvalue weighted by molar-refractivity contribution is -0.306. The van der Waals surface area contributed by atoms with Crippen molar-refractivity contribution in [3.8, 4) is 0 Å². The number of carbonyl (C=O) groups is 1. The standard InChI is InChI=1S/C12H13N3O2/c1-2-7-14-9-5-3-4-6-10(9)15(12(14)13)8-11(16)17/h2-6,13H,1,7-8H2,(H,16,17)/p-1. The first kappa shape index (κ1) is 11.2. The average molecular weight is 230 g/mol. The van der Waals surface area contributed by atoms with Crippen LogP contribution < -0.4 is 10.7 Å². The first-order chi connectivity index (χ1) is 8.15. The van der Waals surface area contributed by atoms with Crippen molar-refractivity contribution in [3.05, 3.63) is 42.5 Å². The van der Waals surface area contributed by atoms with Gasteiger partial charge in [0.1, 0.15) is 0 Å². The number of fused-ring (bicyclic) bond motifs is 1. The molecule has 2 rings (SSSR count). The Labute approximate surface area is 97.7 Å². The molecule has 0 spiro atoms. The predicted octanol–water partition coefficient (Wildman–Crippen LogP) is -0.142. The minimum Gasteiger partial charge on any atom is -0.548 e. The second kappa shape index (κ2) is 4.29. The summed E-state index contributed by atoms with van der Waals surface area (Å²) in [6, 6.07) is 7.30. The first-order valence-electron chi connectivity index (χ1n) is 5.18. The lowest BCUT2D eigenvalue weighted by Gasteiger charge is -2.04. The Bertz CT molecular complexity index is 637. The highest BCUT2D eigenvalue weighted by Crippen LogP contribution is 2.12. The molecule has 0 saturated heterocycles. The zero-order chi connectivity index (χ0) is 12.4. The van der Waals surface area contributed by atoms with Gasteiger partial charge in [-0.3, -0.25) is 5.41 Å². The fourth-order valence-electron chi connectivity index (χ4n) is 1.90. The van der Waals surface area contributed by atoms with Gasteiger partial charge in [-0.2, -0.15) is 0 Å². The van der Waals surface area contributed by atoms with Gasteiger partial charge in [0.25, 0.3) is 0 Å². The Morgan fingerprint density at radius 3 is 2.47 bits per heavy atom. The molecule has 0 unspecified atom stereocenters. The van der Waals surface area contributed by atoms with Gasteiger partial charge < -0.3 is 19.0 Å². The maximum absolute atomic E-state index is 10.7. The summed E-state index contributed by atoms with van der Waals surface area (Å²) < 4.78 is 3.11. The maximum Gasteiger partial charge on any atom is 0.203 e. The summed E-state index contributed by atoms with van der Waals surface area (Å²) in [6.45, 7) is 3.79. The number of allylic oxidation sites excluding steroid dienone is 1. The molecule has 0 fully saturated rings. The van der Waals surface area contributed by atoms with Crippen molar-refractivity contribution in [2.24, 2.45) is 0 Å². The number of hydrogen-bond donors (Lipinski definition) is 1. The summed E-state index contributed by atoms with van der Waals surface area (Å²) in [5.41, 5.74) is 1.66. The van der Waals surface area contributed by atoms with Crippen molar-refractivity contribution in [1.82, 2.24) is 9.13 Å². The zero-order valence-corrected chi connectivity index (χ0v) is 9.22. The largest absolute Gasteiger partial charge is 0.548 e. The number of aromatic nitrogens is 2. The number of carboxylic acid groups (broad SMARTS) is 1. The van der Waals surface area contributed by atoms with Crippen molar-refractivity contribution in [1.29, 1.82) is 5.41 Å². The van der Waals surface area contributed by atoms with Crippen LogP contribution in [0.15, 0.2) is 36.9 Å². The van der Waals surface area contributed by atoms with Crippen LogP contribution in [0.3, 0.4) is 0 Å². The van der Waals surface area contributed by atoms with Crippen molar-refractivity contribution in [2.45, 2.75) is 13.1 Å². The van der Waals surface area contributed by atoms with Crippen LogP contribution in [0, 0.1) is 5.41 Å². The molecule has 0 saturated carbocycles. The smallest absolute Gasteiger partial charge is 0.203 e. The van der Waals surface area contributed by atoms with Gasteiger partial charge in [-0.05, 0) is 12.1 Å². The van der Waals surface area contributed by atoms with Gasteiger partial charge in [0.2, 0.25) is 5.62 Å². The summed E-state index contributed by atoms with van der Waals surface area (Å²) >= 11 is 0. The molecule has 0 bridgehead atoms. The van der Waals surface area contributed by atoms with Gasteiger partial charge >= 0.3 is 0 Å². The van der Waals surface area contributed by atoms with E-state index >= 15 is 0 Å². The molecule has 17 heavy (non-hydrogen) atoms. The fourth-order valence-corrected chi connectivity index (χ4v) is 1.90. The second-order valence-corrected chi connectivity index (χ2v) is 3.67. The molecule has 5 nitrogen and oxygen atoms in total. The summed E-state index contributed by atoms with van der Waals surface area (Å²) in [5, 5.41) is 18.6. The number of hydrogen-bond acceptors (Lipinski definition) is 3. The fraction of sp³-hybridized carbons (Fsp3) is 0.167. The molecule has 88 valence electrons. The van der Waals surface area contributed by atoms with Crippen LogP contribution in [0.1, 0.15) is 0 Å². The molecule has 1 aromatic heterocycles. The molecule has 2 aromatic rings. The number of benzene rings is 1. The van der Waals surface area contributed by atoms with E-state index in [9.17, 15) is 9.90 Å². The minimum atomic E-state index is -1.20. The van der Waals surface area contributed by atoms with Crippen LogP contribution >= 0.6 is 0 Å². The van der Waals surface area contributed by atoms with Crippen LogP contribution in [0.2, 0.25) is 0 Å². The monoisotopic (exact) mass is 230 g/mol. The van der Waals surface area contributed by atoms with E-state index in [2.05, 4.69) is 6.58 Å². The van der Waals surface area contributed by atoms with Gasteiger partial charge in [0.15, 0.2) is 0 Å². The minimum absolute atomic E-state index is 0.135. The topological polar surface area (TPSA) is 73.8 Å². The molecular weight excluding hydrogens is 218 g/mol. The Hall–Kier alpha value is -2.30. The highest BCUT2D eigenvalue weighted by atomic mass is 16.4. The van der Waals surface area contributed by atoms with Gasteiger partial charge in [-0.1, -0.05) is 18.2 Å². The van der Waals surface area contributed by atoms with E-state index in [1.54, 1.807) is 16.7 Å². The molecule has 1 aromatic carbocycles. The molecule has 0 atom stereocenters. The highest BCUT2D eigenvalue weighted by molar-refractivity contribution is 5.77. The summed E-state index contributed by atoms with van der Waals surface area (Å²) in [5.74, 6) is -1.20. The van der Waals surface area contributed by atoms with E-state index in [-0.39, 0.29) is 12.2 Å². The third-order valence-electron chi connectivity index (χ3n) is 2.57. The van der Waals surface area contributed by atoms with E-state index in [4.69, 9.17) is 5.41 Å². The van der Waals surface area contributed by atoms with Crippen LogP contribution in [0.4, 0.5) is 0 Å². The number of rotatable bonds is 4. The summed E-state index contributed by atoms with van der Waals surface area (Å²) in [7, 11) is 0. The highest BCUT2D eigenvalue weighted by Gasteiger charge is 2.08. The molecule has 0 aliphatic rings. The van der Waals surface area contributed by atoms with Crippen LogP contribution in [0.5, 0.6) is 0 Å². The molecule has 5 heteroatoms. The first-order valence-corrected chi connectivity index (χ1v) is 5.18. The van der Waals surface area contributed by atoms with Crippen LogP contribution in [0.25, 0.3) is 11.0 Å². The Kier molecular flexibility index (Phi) is 2.82. The lowest BCUT2D eigenvalue weighted by Crippen LogP contribution is -2.33. The van der Waals surface area contributed by atoms with Crippen molar-refractivity contribution < 1.29 is 9.90 Å². The zero-order valence-electron chi connectivity index (χ0n) is 9.22. The van der Waals surface area contributed by atoms with Gasteiger partial charge in [-0.15, -0.1) is 6.58 Å². The summed E-state index contributed by atoms with van der Waals surface area (Å²) in [6.07, 6.45) is 1.67. The van der Waals surface area contributed by atoms with Gasteiger partial charge in [0, 0.05) is 6.54 Å². The molecule has 0 aliphatic heterocycles. The number of aliphatic carboxylic acids is 1. The number of nitrogens with zero attached hydrogens (tertiary/aromatic N) is 2. The SMILES string of the molecule is C=CCn1c(=N)n(CC(=O)[O-])c2ccccc21. The van der Waals surface area contributed by atoms with Crippen molar-refractivity contribution in [3.63, 3.8) is 0 Å². The summed E-state index contributed by atoms with van der Waals surface area (Å²) in [4.78, 5) is 10.7. The molecule has 1 heterocycles. The number of carboxylic acids is 1. The van der Waals surface area contributed by atoms with E-state index in [0.717, 1.165) is 5.52 Å². The van der Waals surface area contributed by atoms with Crippen LogP contribution in [-0.4, -0.2) is 15.1 Å². The van der Waals surface area contributed by atoms with Gasteiger partial charge in [0.05, 0.1) is 23.5 Å². The van der Waals surface area contributed by atoms with Crippen molar-refractivity contribution in [2.75, 3.05) is 0 Å². The second-order valence-electron chi connectivity index (χ2n) is 3.67. The number of nitrogens with one attached hydrogen (secondary N) is 1. The average Bonchev–Trinajstić information content (AvgIpc) is 2.55. The van der Waals surface area contributed by atoms with E-state index in [1.165, 1.54) is 4.57 Å². The normalized spacial score (nSPS) is 10.6. The molecule has 0 radical (unpaired) electrons. The molecular formula is C12H12N3O2-. The maximum atomic E-state index is 10.7. The van der Waals surface area contributed by atoms with E-state index in [1.807, 2.05) is 18.2 Å². The van der Waals surface area contributed by atoms with E-state index in [0.29, 0.717) is 12.1 Å². The molecule has 1 N–H and O–H groups in total. The number of para-hydroxylation sites is 2. The Morgan fingerprint density at radius 2 is 1.94 bits per heavy atom. The Balaban J connectivity index is 2.74. The number of imidazole rings is 1. The van der Waals surface area contributed by atoms with E-state index < -0.39 is 5.97 Å². The van der Waals surface area contributed by atoms with Gasteiger partial charge in [-0.25, -0.2) is 0 Å². The quantitative estimate of drug-likeness (QED) is 0.742. The van der Waals surface area contributed by atoms with Crippen LogP contribution in [-0.2, 0) is 17.9 Å². The predicted molar refractivity (Wildman–Crippen MR) is 61.0 cm³/mol. The number of carbonyl (C=O) groups excluding carboxylic acids is 1. The Morgan fingerprint density at radius 1 is 1.35 bits per heavy atom. The third-order valence-corrected chi connectivity index (χ3v) is 2.57. The lowest BCUT2D eigenvalue weighted by atomic mass is 10.3.